The Kier molecular flexibility index (Phi) is 5.02. The molecule has 0 bridgehead atoms. The molecule has 0 spiro atoms. The molecule has 2 heterocycles. The third-order valence-corrected chi connectivity index (χ3v) is 2.90. The van der Waals surface area contributed by atoms with Gasteiger partial charge in [-0.05, 0) is 36.2 Å². The van der Waals surface area contributed by atoms with E-state index in [0.29, 0.717) is 12.1 Å². The fourth-order valence-electron chi connectivity index (χ4n) is 1.78. The maximum atomic E-state index is 12.2. The minimum Gasteiger partial charge on any atom is -0.384 e. The Hall–Kier alpha value is -2.71. The molecule has 2 rings (SSSR count). The van der Waals surface area contributed by atoms with Crippen molar-refractivity contribution in [3.8, 4) is 11.8 Å². The van der Waals surface area contributed by atoms with Gasteiger partial charge >= 0.3 is 0 Å². The summed E-state index contributed by atoms with van der Waals surface area (Å²) in [6, 6.07) is 5.26. The smallest absolute Gasteiger partial charge is 0.271 e. The molecule has 0 aliphatic heterocycles. The number of carbonyl (C=O) groups excluding carboxylic acids is 1. The first kappa shape index (κ1) is 14.7. The number of aryl methyl sites for hydroxylation is 1. The zero-order valence-corrected chi connectivity index (χ0v) is 11.6. The number of nitrogens with zero attached hydrogens (tertiary/aromatic N) is 2. The van der Waals surface area contributed by atoms with Crippen molar-refractivity contribution in [3.05, 3.63) is 59.2 Å². The average Bonchev–Trinajstić information content (AvgIpc) is 2.52. The van der Waals surface area contributed by atoms with E-state index >= 15 is 0 Å². The summed E-state index contributed by atoms with van der Waals surface area (Å²) in [4.78, 5) is 20.3. The van der Waals surface area contributed by atoms with Crippen LogP contribution in [0.3, 0.4) is 0 Å². The van der Waals surface area contributed by atoms with Crippen molar-refractivity contribution in [2.45, 2.75) is 13.5 Å². The van der Waals surface area contributed by atoms with Crippen molar-refractivity contribution in [1.29, 1.82) is 0 Å². The Balaban J connectivity index is 2.12. The number of rotatable bonds is 3. The molecule has 0 radical (unpaired) electrons. The van der Waals surface area contributed by atoms with Crippen molar-refractivity contribution in [3.63, 3.8) is 0 Å². The van der Waals surface area contributed by atoms with Crippen LogP contribution >= 0.6 is 0 Å². The fourth-order valence-corrected chi connectivity index (χ4v) is 1.78. The number of hydrogen-bond donors (Lipinski definition) is 2. The molecule has 2 aromatic rings. The Morgan fingerprint density at radius 1 is 1.38 bits per heavy atom. The summed E-state index contributed by atoms with van der Waals surface area (Å²) in [6.45, 7) is 2.08. The Morgan fingerprint density at radius 2 is 2.24 bits per heavy atom. The van der Waals surface area contributed by atoms with E-state index in [-0.39, 0.29) is 18.2 Å². The van der Waals surface area contributed by atoms with Gasteiger partial charge in [-0.15, -0.1) is 0 Å². The van der Waals surface area contributed by atoms with Crippen LogP contribution in [0, 0.1) is 18.8 Å². The van der Waals surface area contributed by atoms with E-state index in [1.807, 2.05) is 13.0 Å². The van der Waals surface area contributed by atoms with Gasteiger partial charge in [-0.25, -0.2) is 4.98 Å². The lowest BCUT2D eigenvalue weighted by Crippen LogP contribution is -2.25. The van der Waals surface area contributed by atoms with Gasteiger partial charge in [0.2, 0.25) is 0 Å². The van der Waals surface area contributed by atoms with Gasteiger partial charge < -0.3 is 10.4 Å². The van der Waals surface area contributed by atoms with Crippen LogP contribution in [0.15, 0.2) is 36.8 Å². The molecule has 0 atom stereocenters. The topological polar surface area (TPSA) is 75.1 Å². The second kappa shape index (κ2) is 7.17. The number of hydrogen-bond acceptors (Lipinski definition) is 4. The molecule has 0 aliphatic rings. The Morgan fingerprint density at radius 3 is 3.00 bits per heavy atom. The molecule has 0 fully saturated rings. The predicted molar refractivity (Wildman–Crippen MR) is 78.3 cm³/mol. The lowest BCUT2D eigenvalue weighted by Gasteiger charge is -2.08. The molecule has 1 amide bonds. The van der Waals surface area contributed by atoms with Gasteiger partial charge in [0.25, 0.3) is 5.91 Å². The SMILES string of the molecule is Cc1cnccc1CNC(=O)c1ncccc1C#CCO. The summed E-state index contributed by atoms with van der Waals surface area (Å²) >= 11 is 0. The maximum Gasteiger partial charge on any atom is 0.271 e. The van der Waals surface area contributed by atoms with Crippen LogP contribution in [0.4, 0.5) is 0 Å². The fraction of sp³-hybridized carbons (Fsp3) is 0.188. The van der Waals surface area contributed by atoms with Gasteiger partial charge in [-0.3, -0.25) is 9.78 Å². The first-order chi connectivity index (χ1) is 10.2. The van der Waals surface area contributed by atoms with Gasteiger partial charge in [0.1, 0.15) is 12.3 Å². The zero-order valence-electron chi connectivity index (χ0n) is 11.6. The van der Waals surface area contributed by atoms with E-state index in [4.69, 9.17) is 5.11 Å². The van der Waals surface area contributed by atoms with E-state index in [1.165, 1.54) is 6.20 Å². The number of aromatic nitrogens is 2. The van der Waals surface area contributed by atoms with Crippen molar-refractivity contribution >= 4 is 5.91 Å². The molecule has 2 N–H and O–H groups in total. The van der Waals surface area contributed by atoms with Crippen LogP contribution in [0.5, 0.6) is 0 Å². The monoisotopic (exact) mass is 281 g/mol. The summed E-state index contributed by atoms with van der Waals surface area (Å²) in [5.41, 5.74) is 2.76. The average molecular weight is 281 g/mol. The van der Waals surface area contributed by atoms with Gasteiger partial charge in [-0.2, -0.15) is 0 Å². The summed E-state index contributed by atoms with van der Waals surface area (Å²) < 4.78 is 0. The minimum absolute atomic E-state index is 0.255. The summed E-state index contributed by atoms with van der Waals surface area (Å²) in [5.74, 6) is 4.94. The largest absolute Gasteiger partial charge is 0.384 e. The Labute approximate surface area is 123 Å². The third kappa shape index (κ3) is 3.88. The highest BCUT2D eigenvalue weighted by atomic mass is 16.2. The predicted octanol–water partition coefficient (Wildman–Crippen LogP) is 1.06. The third-order valence-electron chi connectivity index (χ3n) is 2.90. The zero-order chi connectivity index (χ0) is 15.1. The molecule has 106 valence electrons. The van der Waals surface area contributed by atoms with Crippen LogP contribution in [-0.4, -0.2) is 27.6 Å². The molecule has 0 aliphatic carbocycles. The molecule has 0 saturated carbocycles. The van der Waals surface area contributed by atoms with Gasteiger partial charge in [-0.1, -0.05) is 11.8 Å². The molecule has 5 heteroatoms. The highest BCUT2D eigenvalue weighted by Gasteiger charge is 2.11. The number of aliphatic hydroxyl groups is 1. The van der Waals surface area contributed by atoms with Crippen molar-refractivity contribution in [2.24, 2.45) is 0 Å². The highest BCUT2D eigenvalue weighted by Crippen LogP contribution is 2.07. The van der Waals surface area contributed by atoms with Crippen molar-refractivity contribution in [2.75, 3.05) is 6.61 Å². The van der Waals surface area contributed by atoms with Crippen LogP contribution in [0.25, 0.3) is 0 Å². The van der Waals surface area contributed by atoms with Crippen molar-refractivity contribution < 1.29 is 9.90 Å². The second-order valence-corrected chi connectivity index (χ2v) is 4.34. The van der Waals surface area contributed by atoms with E-state index in [9.17, 15) is 4.79 Å². The van der Waals surface area contributed by atoms with E-state index < -0.39 is 0 Å². The summed E-state index contributed by atoms with van der Waals surface area (Å²) in [5, 5.41) is 11.6. The number of nitrogens with one attached hydrogen (secondary N) is 1. The van der Waals surface area contributed by atoms with Crippen LogP contribution in [0.2, 0.25) is 0 Å². The highest BCUT2D eigenvalue weighted by molar-refractivity contribution is 5.94. The minimum atomic E-state index is -0.297. The summed E-state index contributed by atoms with van der Waals surface area (Å²) in [6.07, 6.45) is 4.98. The maximum absolute atomic E-state index is 12.2. The molecule has 21 heavy (non-hydrogen) atoms. The van der Waals surface area contributed by atoms with Crippen LogP contribution in [0.1, 0.15) is 27.2 Å². The standard InChI is InChI=1S/C16H15N3O2/c1-12-10-17-8-6-14(12)11-19-16(21)15-13(5-3-9-20)4-2-7-18-15/h2,4,6-8,10,20H,9,11H2,1H3,(H,19,21). The lowest BCUT2D eigenvalue weighted by molar-refractivity contribution is 0.0945. The summed E-state index contributed by atoms with van der Waals surface area (Å²) in [7, 11) is 0. The molecule has 0 saturated heterocycles. The van der Waals surface area contributed by atoms with E-state index in [0.717, 1.165) is 11.1 Å². The van der Waals surface area contributed by atoms with Crippen LogP contribution < -0.4 is 5.32 Å². The second-order valence-electron chi connectivity index (χ2n) is 4.34. The molecular weight excluding hydrogens is 266 g/mol. The number of amides is 1. The van der Waals surface area contributed by atoms with Crippen LogP contribution in [-0.2, 0) is 6.54 Å². The Bertz CT molecular complexity index is 702. The van der Waals surface area contributed by atoms with Gasteiger partial charge in [0, 0.05) is 25.1 Å². The lowest BCUT2D eigenvalue weighted by atomic mass is 10.1. The van der Waals surface area contributed by atoms with E-state index in [2.05, 4.69) is 27.1 Å². The van der Waals surface area contributed by atoms with Gasteiger partial charge in [0.15, 0.2) is 0 Å². The molecule has 0 aromatic carbocycles. The van der Waals surface area contributed by atoms with Gasteiger partial charge in [0.05, 0.1) is 5.56 Å². The quantitative estimate of drug-likeness (QED) is 0.825. The normalized spacial score (nSPS) is 9.62. The molecule has 5 nitrogen and oxygen atoms in total. The first-order valence-electron chi connectivity index (χ1n) is 6.45. The molecule has 0 unspecified atom stereocenters. The number of aliphatic hydroxyl groups excluding tert-OH is 1. The molecule has 2 aromatic heterocycles. The molecular formula is C16H15N3O2. The van der Waals surface area contributed by atoms with E-state index in [1.54, 1.807) is 24.5 Å². The van der Waals surface area contributed by atoms with Crippen molar-refractivity contribution in [1.82, 2.24) is 15.3 Å². The number of carbonyl (C=O) groups is 1. The number of pyridine rings is 2. The first-order valence-corrected chi connectivity index (χ1v) is 6.45.